The molecule has 0 aromatic carbocycles. The first-order chi connectivity index (χ1) is 19.4. The van der Waals surface area contributed by atoms with E-state index >= 15 is 0 Å². The third-order valence-electron chi connectivity index (χ3n) is 6.62. The molecule has 1 fully saturated rings. The summed E-state index contributed by atoms with van der Waals surface area (Å²) in [7, 11) is 0. The molecular weight excluding hydrogens is 516 g/mol. The van der Waals surface area contributed by atoms with E-state index in [4.69, 9.17) is 18.9 Å². The first kappa shape index (κ1) is 36.4. The molecule has 1 aliphatic rings. The zero-order chi connectivity index (χ0) is 29.4. The fourth-order valence-electron chi connectivity index (χ4n) is 4.33. The van der Waals surface area contributed by atoms with Gasteiger partial charge in [0.05, 0.1) is 19.8 Å². The van der Waals surface area contributed by atoms with Crippen molar-refractivity contribution in [3.05, 3.63) is 36.5 Å². The predicted molar refractivity (Wildman–Crippen MR) is 155 cm³/mol. The smallest absolute Gasteiger partial charge is 0.303 e. The van der Waals surface area contributed by atoms with E-state index in [2.05, 4.69) is 43.4 Å². The second kappa shape index (κ2) is 24.1. The minimum Gasteiger partial charge on any atom is -0.458 e. The first-order valence-electron chi connectivity index (χ1n) is 15.0. The summed E-state index contributed by atoms with van der Waals surface area (Å²) in [6, 6.07) is 0. The Kier molecular flexibility index (Phi) is 21.9. The Morgan fingerprint density at radius 1 is 0.800 bits per heavy atom. The Morgan fingerprint density at radius 2 is 1.40 bits per heavy atom. The van der Waals surface area contributed by atoms with Gasteiger partial charge in [-0.15, -0.1) is 0 Å². The van der Waals surface area contributed by atoms with Crippen LogP contribution in [0.1, 0.15) is 90.9 Å². The van der Waals surface area contributed by atoms with Gasteiger partial charge in [0.15, 0.2) is 6.29 Å². The van der Waals surface area contributed by atoms with Gasteiger partial charge in [-0.1, -0.05) is 81.9 Å². The van der Waals surface area contributed by atoms with Crippen LogP contribution < -0.4 is 0 Å². The van der Waals surface area contributed by atoms with Crippen molar-refractivity contribution in [3.63, 3.8) is 0 Å². The normalized spacial score (nSPS) is 24.4. The van der Waals surface area contributed by atoms with E-state index in [-0.39, 0.29) is 13.2 Å². The molecule has 0 amide bonds. The Morgan fingerprint density at radius 3 is 2.02 bits per heavy atom. The van der Waals surface area contributed by atoms with E-state index in [0.29, 0.717) is 6.61 Å². The number of ether oxygens (including phenoxy) is 4. The molecule has 0 aromatic heterocycles. The summed E-state index contributed by atoms with van der Waals surface area (Å²) >= 11 is 0. The average molecular weight is 571 g/mol. The van der Waals surface area contributed by atoms with Gasteiger partial charge in [0.25, 0.3) is 0 Å². The number of allylic oxidation sites excluding steroid dienone is 6. The van der Waals surface area contributed by atoms with E-state index in [1.807, 2.05) is 0 Å². The van der Waals surface area contributed by atoms with Crippen molar-refractivity contribution in [2.45, 2.75) is 128 Å². The Labute approximate surface area is 240 Å². The molecule has 1 aliphatic heterocycles. The highest BCUT2D eigenvalue weighted by Crippen LogP contribution is 2.22. The molecule has 40 heavy (non-hydrogen) atoms. The van der Waals surface area contributed by atoms with Crippen LogP contribution in [-0.4, -0.2) is 89.6 Å². The number of esters is 1. The Balaban J connectivity index is 2.05. The third-order valence-corrected chi connectivity index (χ3v) is 6.62. The summed E-state index contributed by atoms with van der Waals surface area (Å²) in [6.45, 7) is 3.41. The van der Waals surface area contributed by atoms with E-state index < -0.39 is 49.4 Å². The summed E-state index contributed by atoms with van der Waals surface area (Å²) in [5.41, 5.74) is 0. The Hall–Kier alpha value is -1.59. The molecule has 9 nitrogen and oxygen atoms in total. The highest BCUT2D eigenvalue weighted by atomic mass is 16.7. The lowest BCUT2D eigenvalue weighted by molar-refractivity contribution is -0.305. The summed E-state index contributed by atoms with van der Waals surface area (Å²) in [6.07, 6.45) is 19.5. The van der Waals surface area contributed by atoms with Gasteiger partial charge in [-0.05, 0) is 38.5 Å². The minimum atomic E-state index is -1.53. The molecule has 0 aromatic rings. The lowest BCUT2D eigenvalue weighted by atomic mass is 9.99. The lowest BCUT2D eigenvalue weighted by Crippen LogP contribution is -2.59. The number of carbonyl (C=O) groups excluding carboxylic acids is 1. The maximum atomic E-state index is 11.4. The number of carbonyl (C=O) groups is 1. The number of rotatable bonds is 23. The van der Waals surface area contributed by atoms with Crippen LogP contribution in [0.25, 0.3) is 0 Å². The molecular formula is C31H54O9. The van der Waals surface area contributed by atoms with Crippen LogP contribution >= 0.6 is 0 Å². The van der Waals surface area contributed by atoms with E-state index in [1.165, 1.54) is 39.0 Å². The van der Waals surface area contributed by atoms with Crippen LogP contribution in [0.2, 0.25) is 0 Å². The molecule has 4 N–H and O–H groups in total. The quantitative estimate of drug-likeness (QED) is 0.0813. The first-order valence-corrected chi connectivity index (χ1v) is 15.0. The van der Waals surface area contributed by atoms with Crippen LogP contribution in [0.15, 0.2) is 36.5 Å². The van der Waals surface area contributed by atoms with Crippen LogP contribution in [0.5, 0.6) is 0 Å². The molecule has 232 valence electrons. The van der Waals surface area contributed by atoms with Gasteiger partial charge in [0.1, 0.15) is 30.5 Å². The van der Waals surface area contributed by atoms with Crippen LogP contribution in [0.4, 0.5) is 0 Å². The maximum Gasteiger partial charge on any atom is 0.303 e. The maximum absolute atomic E-state index is 11.4. The molecule has 0 radical (unpaired) electrons. The summed E-state index contributed by atoms with van der Waals surface area (Å²) in [4.78, 5) is 11.4. The highest BCUT2D eigenvalue weighted by molar-refractivity contribution is 5.66. The third kappa shape index (κ3) is 17.3. The van der Waals surface area contributed by atoms with Crippen LogP contribution in [0.3, 0.4) is 0 Å². The van der Waals surface area contributed by atoms with Crippen molar-refractivity contribution in [3.8, 4) is 0 Å². The standard InChI is InChI=1S/C31H54O9/c1-3-4-5-6-7-8-9-10-11-12-13-14-15-16-17-18-19-20-21-37-23-26(39-25(2)33)24-38-31-30(36)29(35)28(34)27(22-32)40-31/h4-5,7-8,10-11,26-32,34-36H,3,6,9,12-24H2,1-2H3/b5-4-,8-7-,11-10-. The zero-order valence-electron chi connectivity index (χ0n) is 24.6. The molecule has 1 saturated heterocycles. The van der Waals surface area contributed by atoms with Crippen molar-refractivity contribution in [2.75, 3.05) is 26.4 Å². The summed E-state index contributed by atoms with van der Waals surface area (Å²) in [5, 5.41) is 39.1. The lowest BCUT2D eigenvalue weighted by Gasteiger charge is -2.39. The van der Waals surface area contributed by atoms with Gasteiger partial charge in [-0.3, -0.25) is 4.79 Å². The minimum absolute atomic E-state index is 0.123. The topological polar surface area (TPSA) is 135 Å². The van der Waals surface area contributed by atoms with Crippen molar-refractivity contribution < 1.29 is 44.2 Å². The number of unbranched alkanes of at least 4 members (excludes halogenated alkanes) is 8. The van der Waals surface area contributed by atoms with Gasteiger partial charge in [-0.25, -0.2) is 0 Å². The van der Waals surface area contributed by atoms with Gasteiger partial charge in [0.2, 0.25) is 0 Å². The monoisotopic (exact) mass is 570 g/mol. The van der Waals surface area contributed by atoms with E-state index in [0.717, 1.165) is 44.9 Å². The van der Waals surface area contributed by atoms with Crippen molar-refractivity contribution in [1.29, 1.82) is 0 Å². The largest absolute Gasteiger partial charge is 0.458 e. The van der Waals surface area contributed by atoms with Gasteiger partial charge in [0, 0.05) is 13.5 Å². The molecule has 6 atom stereocenters. The number of aliphatic hydroxyl groups is 4. The number of hydrogen-bond acceptors (Lipinski definition) is 9. The molecule has 0 spiro atoms. The van der Waals surface area contributed by atoms with Gasteiger partial charge < -0.3 is 39.4 Å². The van der Waals surface area contributed by atoms with Crippen LogP contribution in [-0.2, 0) is 23.7 Å². The predicted octanol–water partition coefficient (Wildman–Crippen LogP) is 4.12. The number of aliphatic hydroxyl groups excluding tert-OH is 4. The molecule has 0 aliphatic carbocycles. The zero-order valence-corrected chi connectivity index (χ0v) is 24.6. The summed E-state index contributed by atoms with van der Waals surface area (Å²) in [5.74, 6) is -0.495. The molecule has 1 heterocycles. The van der Waals surface area contributed by atoms with Crippen LogP contribution in [0, 0.1) is 0 Å². The van der Waals surface area contributed by atoms with Crippen molar-refractivity contribution in [2.24, 2.45) is 0 Å². The van der Waals surface area contributed by atoms with Gasteiger partial charge >= 0.3 is 5.97 Å². The fraction of sp³-hybridized carbons (Fsp3) is 0.774. The Bertz CT molecular complexity index is 707. The second-order valence-electron chi connectivity index (χ2n) is 10.2. The molecule has 0 saturated carbocycles. The fourth-order valence-corrected chi connectivity index (χ4v) is 4.33. The second-order valence-corrected chi connectivity index (χ2v) is 10.2. The highest BCUT2D eigenvalue weighted by Gasteiger charge is 2.44. The van der Waals surface area contributed by atoms with E-state index in [1.54, 1.807) is 0 Å². The molecule has 1 rings (SSSR count). The number of hydrogen-bond donors (Lipinski definition) is 4. The molecule has 0 bridgehead atoms. The SMILES string of the molecule is CC/C=C\C/C=C\C/C=C\CCCCCCCCCCOCC(COC1OC(CO)C(O)C(O)C1O)OC(C)=O. The average Bonchev–Trinajstić information content (AvgIpc) is 2.94. The van der Waals surface area contributed by atoms with Gasteiger partial charge in [-0.2, -0.15) is 0 Å². The van der Waals surface area contributed by atoms with E-state index in [9.17, 15) is 25.2 Å². The molecule has 9 heteroatoms. The van der Waals surface area contributed by atoms with Crippen molar-refractivity contribution in [1.82, 2.24) is 0 Å². The van der Waals surface area contributed by atoms with Crippen molar-refractivity contribution >= 4 is 5.97 Å². The summed E-state index contributed by atoms with van der Waals surface area (Å²) < 4.78 is 21.7. The molecule has 6 unspecified atom stereocenters.